The molecule has 114 valence electrons. The van der Waals surface area contributed by atoms with Crippen LogP contribution in [0.2, 0.25) is 0 Å². The molecule has 0 saturated carbocycles. The van der Waals surface area contributed by atoms with Crippen LogP contribution in [0.15, 0.2) is 0 Å². The molecule has 0 amide bonds. The Hall–Kier alpha value is 0.335. The molecule has 0 saturated heterocycles. The van der Waals surface area contributed by atoms with Gasteiger partial charge in [0.2, 0.25) is 0 Å². The van der Waals surface area contributed by atoms with Crippen LogP contribution < -0.4 is 0 Å². The maximum atomic E-state index is 5.85. The number of rotatable bonds is 15. The maximum absolute atomic E-state index is 5.85. The van der Waals surface area contributed by atoms with E-state index in [0.29, 0.717) is 0 Å². The van der Waals surface area contributed by atoms with Gasteiger partial charge in [0.05, 0.1) is 0 Å². The molecule has 0 spiro atoms. The summed E-state index contributed by atoms with van der Waals surface area (Å²) in [6.07, 6.45) is 11.1. The minimum Gasteiger partial charge on any atom is -0.402 e. The van der Waals surface area contributed by atoms with Gasteiger partial charge in [0.1, 0.15) is 0 Å². The van der Waals surface area contributed by atoms with Crippen LogP contribution in [0.3, 0.4) is 0 Å². The first kappa shape index (κ1) is 19.3. The Labute approximate surface area is 125 Å². The summed E-state index contributed by atoms with van der Waals surface area (Å²) in [7, 11) is 0. The normalized spacial score (nSPS) is 10.9. The molecule has 4 heteroatoms. The summed E-state index contributed by atoms with van der Waals surface area (Å²) in [6.45, 7) is 8.36. The van der Waals surface area contributed by atoms with Gasteiger partial charge in [-0.15, -0.1) is 11.6 Å². The van der Waals surface area contributed by atoms with Crippen molar-refractivity contribution in [1.82, 2.24) is 0 Å². The van der Waals surface area contributed by atoms with Crippen molar-refractivity contribution in [3.8, 4) is 0 Å². The third-order valence-electron chi connectivity index (χ3n) is 3.01. The van der Waals surface area contributed by atoms with Crippen molar-refractivity contribution in [3.05, 3.63) is 0 Å². The van der Waals surface area contributed by atoms with Crippen LogP contribution in [0.25, 0.3) is 0 Å². The van der Waals surface area contributed by atoms with Gasteiger partial charge in [-0.3, -0.25) is 0 Å². The molecule has 0 aliphatic carbocycles. The molecule has 0 fully saturated rings. The third-order valence-corrected chi connectivity index (χ3v) is 4.07. The topological polar surface area (TPSA) is 18.5 Å². The highest BCUT2D eigenvalue weighted by molar-refractivity contribution is 8.24. The SMILES string of the molecule is CCCCCOB(OCCCCC)SCCCCC. The number of hydrogen-bond donors (Lipinski definition) is 0. The Morgan fingerprint density at radius 3 is 1.63 bits per heavy atom. The van der Waals surface area contributed by atoms with E-state index in [-0.39, 0.29) is 6.40 Å². The number of hydrogen-bond acceptors (Lipinski definition) is 3. The van der Waals surface area contributed by atoms with Gasteiger partial charge in [-0.05, 0) is 25.0 Å². The Balaban J connectivity index is 3.66. The molecular formula is C15H33BO2S. The molecule has 0 atom stereocenters. The molecule has 0 radical (unpaired) electrons. The highest BCUT2D eigenvalue weighted by Crippen LogP contribution is 2.14. The monoisotopic (exact) mass is 288 g/mol. The van der Waals surface area contributed by atoms with Crippen molar-refractivity contribution in [1.29, 1.82) is 0 Å². The van der Waals surface area contributed by atoms with Crippen molar-refractivity contribution in [3.63, 3.8) is 0 Å². The van der Waals surface area contributed by atoms with Gasteiger partial charge >= 0.3 is 6.40 Å². The summed E-state index contributed by atoms with van der Waals surface area (Å²) in [5.41, 5.74) is 0. The summed E-state index contributed by atoms with van der Waals surface area (Å²) in [5.74, 6) is 1.15. The second kappa shape index (κ2) is 16.4. The largest absolute Gasteiger partial charge is 0.531 e. The molecule has 2 nitrogen and oxygen atoms in total. The average molecular weight is 288 g/mol. The average Bonchev–Trinajstić information content (AvgIpc) is 2.43. The van der Waals surface area contributed by atoms with Gasteiger partial charge in [0.25, 0.3) is 0 Å². The molecular weight excluding hydrogens is 255 g/mol. The van der Waals surface area contributed by atoms with Crippen molar-refractivity contribution in [2.75, 3.05) is 19.0 Å². The van der Waals surface area contributed by atoms with E-state index in [1.807, 2.05) is 11.6 Å². The summed E-state index contributed by atoms with van der Waals surface area (Å²) >= 11 is 1.83. The standard InChI is InChI=1S/C15H33BO2S/c1-4-7-10-13-17-16(18-14-11-8-5-2)19-15-12-9-6-3/h4-15H2,1-3H3. The highest BCUT2D eigenvalue weighted by Gasteiger charge is 2.18. The van der Waals surface area contributed by atoms with Crippen molar-refractivity contribution in [2.24, 2.45) is 0 Å². The predicted octanol–water partition coefficient (Wildman–Crippen LogP) is 5.31. The van der Waals surface area contributed by atoms with E-state index in [9.17, 15) is 0 Å². The Bertz CT molecular complexity index is 142. The second-order valence-electron chi connectivity index (χ2n) is 5.02. The molecule has 0 N–H and O–H groups in total. The highest BCUT2D eigenvalue weighted by atomic mass is 32.2. The van der Waals surface area contributed by atoms with Crippen molar-refractivity contribution >= 4 is 18.0 Å². The lowest BCUT2D eigenvalue weighted by atomic mass is 10.2. The molecule has 0 unspecified atom stereocenters. The van der Waals surface area contributed by atoms with Crippen molar-refractivity contribution < 1.29 is 9.31 Å². The van der Waals surface area contributed by atoms with Crippen LogP contribution in [-0.2, 0) is 9.31 Å². The summed E-state index contributed by atoms with van der Waals surface area (Å²) in [4.78, 5) is 0. The van der Waals surface area contributed by atoms with E-state index in [4.69, 9.17) is 9.31 Å². The van der Waals surface area contributed by atoms with E-state index in [0.717, 1.165) is 31.8 Å². The lowest BCUT2D eigenvalue weighted by Crippen LogP contribution is -2.21. The third kappa shape index (κ3) is 14.6. The van der Waals surface area contributed by atoms with Crippen LogP contribution in [-0.4, -0.2) is 25.4 Å². The van der Waals surface area contributed by atoms with Gasteiger partial charge in [0.15, 0.2) is 0 Å². The maximum Gasteiger partial charge on any atom is 0.531 e. The minimum atomic E-state index is -0.0365. The Morgan fingerprint density at radius 1 is 0.684 bits per heavy atom. The first-order chi connectivity index (χ1) is 9.35. The quantitative estimate of drug-likeness (QED) is 0.300. The van der Waals surface area contributed by atoms with Gasteiger partial charge < -0.3 is 9.31 Å². The summed E-state index contributed by atoms with van der Waals surface area (Å²) in [6, 6.07) is 0. The molecule has 19 heavy (non-hydrogen) atoms. The first-order valence-electron chi connectivity index (χ1n) is 8.19. The summed E-state index contributed by atoms with van der Waals surface area (Å²) < 4.78 is 11.7. The van der Waals surface area contributed by atoms with E-state index >= 15 is 0 Å². The fraction of sp³-hybridized carbons (Fsp3) is 1.00. The summed E-state index contributed by atoms with van der Waals surface area (Å²) in [5, 5.41) is 0. The zero-order valence-electron chi connectivity index (χ0n) is 13.3. The van der Waals surface area contributed by atoms with E-state index in [2.05, 4.69) is 20.8 Å². The Morgan fingerprint density at radius 2 is 1.16 bits per heavy atom. The van der Waals surface area contributed by atoms with Crippen LogP contribution in [0.5, 0.6) is 0 Å². The molecule has 0 aromatic carbocycles. The second-order valence-corrected chi connectivity index (χ2v) is 6.15. The zero-order valence-corrected chi connectivity index (χ0v) is 14.1. The van der Waals surface area contributed by atoms with Gasteiger partial charge in [-0.2, -0.15) is 0 Å². The van der Waals surface area contributed by atoms with Crippen LogP contribution in [0.4, 0.5) is 0 Å². The van der Waals surface area contributed by atoms with E-state index < -0.39 is 0 Å². The molecule has 0 rings (SSSR count). The fourth-order valence-electron chi connectivity index (χ4n) is 1.74. The Kier molecular flexibility index (Phi) is 16.7. The first-order valence-corrected chi connectivity index (χ1v) is 9.24. The van der Waals surface area contributed by atoms with Gasteiger partial charge in [-0.1, -0.05) is 59.3 Å². The number of unbranched alkanes of at least 4 members (excludes halogenated alkanes) is 6. The van der Waals surface area contributed by atoms with Crippen LogP contribution in [0.1, 0.15) is 78.6 Å². The smallest absolute Gasteiger partial charge is 0.402 e. The molecule has 0 aliphatic heterocycles. The van der Waals surface area contributed by atoms with Crippen LogP contribution in [0, 0.1) is 0 Å². The van der Waals surface area contributed by atoms with Crippen molar-refractivity contribution in [2.45, 2.75) is 78.6 Å². The minimum absolute atomic E-state index is 0.0365. The molecule has 0 aliphatic rings. The molecule has 0 heterocycles. The zero-order chi connectivity index (χ0) is 14.2. The molecule has 0 aromatic rings. The molecule has 0 aromatic heterocycles. The lowest BCUT2D eigenvalue weighted by molar-refractivity contribution is 0.207. The fourth-order valence-corrected chi connectivity index (χ4v) is 2.69. The van der Waals surface area contributed by atoms with Gasteiger partial charge in [0, 0.05) is 13.2 Å². The van der Waals surface area contributed by atoms with Gasteiger partial charge in [-0.25, -0.2) is 0 Å². The van der Waals surface area contributed by atoms with E-state index in [1.165, 1.54) is 44.9 Å². The van der Waals surface area contributed by atoms with Crippen LogP contribution >= 0.6 is 11.6 Å². The lowest BCUT2D eigenvalue weighted by Gasteiger charge is -2.14. The van der Waals surface area contributed by atoms with E-state index in [1.54, 1.807) is 0 Å². The predicted molar refractivity (Wildman–Crippen MR) is 88.7 cm³/mol. The molecule has 0 bridgehead atoms.